The third-order valence-electron chi connectivity index (χ3n) is 2.15. The third-order valence-corrected chi connectivity index (χ3v) is 2.15. The lowest BCUT2D eigenvalue weighted by Gasteiger charge is -2.06. The summed E-state index contributed by atoms with van der Waals surface area (Å²) in [5.74, 6) is -0.973. The Morgan fingerprint density at radius 1 is 1.20 bits per heavy atom. The largest absolute Gasteiger partial charge is 0.254 e. The fraction of sp³-hybridized carbons (Fsp3) is 0.273. The summed E-state index contributed by atoms with van der Waals surface area (Å²) in [5, 5.41) is 26.3. The monoisotopic (exact) mass is 196 g/mol. The van der Waals surface area contributed by atoms with E-state index < -0.39 is 5.92 Å². The van der Waals surface area contributed by atoms with Gasteiger partial charge in [-0.25, -0.2) is 0 Å². The molecule has 72 valence electrons. The molecular formula is C11H8N4. The number of nitrogens with zero attached hydrogens (tertiary/aromatic N) is 4. The van der Waals surface area contributed by atoms with Crippen molar-refractivity contribution in [2.75, 3.05) is 0 Å². The summed E-state index contributed by atoms with van der Waals surface area (Å²) in [6.07, 6.45) is 0. The van der Waals surface area contributed by atoms with E-state index in [0.717, 1.165) is 11.3 Å². The molecule has 0 fully saturated rings. The van der Waals surface area contributed by atoms with Gasteiger partial charge in [0.25, 0.3) is 0 Å². The molecule has 0 aliphatic carbocycles. The Morgan fingerprint density at radius 3 is 2.27 bits per heavy atom. The molecule has 0 bridgehead atoms. The predicted octanol–water partition coefficient (Wildman–Crippen LogP) is 1.70. The summed E-state index contributed by atoms with van der Waals surface area (Å²) in [4.78, 5) is 4.12. The molecule has 0 saturated heterocycles. The maximum Gasteiger partial charge on any atom is 0.176 e. The quantitative estimate of drug-likeness (QED) is 0.684. The van der Waals surface area contributed by atoms with Crippen molar-refractivity contribution in [3.63, 3.8) is 0 Å². The zero-order chi connectivity index (χ0) is 11.4. The van der Waals surface area contributed by atoms with E-state index in [0.29, 0.717) is 5.56 Å². The number of pyridine rings is 1. The molecule has 0 N–H and O–H groups in total. The van der Waals surface area contributed by atoms with Gasteiger partial charge < -0.3 is 0 Å². The topological polar surface area (TPSA) is 84.3 Å². The number of hydrogen-bond donors (Lipinski definition) is 0. The van der Waals surface area contributed by atoms with E-state index in [2.05, 4.69) is 4.98 Å². The van der Waals surface area contributed by atoms with Crippen LogP contribution in [0.5, 0.6) is 0 Å². The van der Waals surface area contributed by atoms with Crippen LogP contribution in [-0.2, 0) is 0 Å². The van der Waals surface area contributed by atoms with Crippen LogP contribution in [0.1, 0.15) is 28.4 Å². The fourth-order valence-corrected chi connectivity index (χ4v) is 1.18. The van der Waals surface area contributed by atoms with Gasteiger partial charge in [-0.05, 0) is 25.5 Å². The number of aryl methyl sites for hydroxylation is 2. The van der Waals surface area contributed by atoms with Gasteiger partial charge in [-0.3, -0.25) is 4.98 Å². The van der Waals surface area contributed by atoms with Gasteiger partial charge in [0, 0.05) is 5.69 Å². The highest BCUT2D eigenvalue weighted by atomic mass is 14.7. The lowest BCUT2D eigenvalue weighted by atomic mass is 10.0. The van der Waals surface area contributed by atoms with E-state index in [1.807, 2.05) is 25.1 Å². The molecular weight excluding hydrogens is 188 g/mol. The Labute approximate surface area is 88.0 Å². The van der Waals surface area contributed by atoms with Crippen LogP contribution in [0.15, 0.2) is 6.07 Å². The molecule has 1 rings (SSSR count). The first-order valence-electron chi connectivity index (χ1n) is 4.31. The van der Waals surface area contributed by atoms with Crippen molar-refractivity contribution < 1.29 is 0 Å². The van der Waals surface area contributed by atoms with Crippen molar-refractivity contribution >= 4 is 0 Å². The van der Waals surface area contributed by atoms with Crippen molar-refractivity contribution in [1.29, 1.82) is 15.8 Å². The van der Waals surface area contributed by atoms with E-state index in [1.54, 1.807) is 13.0 Å². The Kier molecular flexibility index (Phi) is 3.01. The Bertz CT molecular complexity index is 497. The number of rotatable bonds is 1. The van der Waals surface area contributed by atoms with E-state index in [1.165, 1.54) is 0 Å². The minimum atomic E-state index is -0.973. The number of hydrogen-bond acceptors (Lipinski definition) is 4. The highest BCUT2D eigenvalue weighted by Gasteiger charge is 2.17. The van der Waals surface area contributed by atoms with Crippen molar-refractivity contribution in [2.24, 2.45) is 0 Å². The van der Waals surface area contributed by atoms with Gasteiger partial charge in [0.15, 0.2) is 5.92 Å². The minimum absolute atomic E-state index is 0.255. The van der Waals surface area contributed by atoms with E-state index >= 15 is 0 Å². The van der Waals surface area contributed by atoms with E-state index in [9.17, 15) is 0 Å². The standard InChI is InChI=1S/C11H8N4/c1-7-3-9(4-12)11(15-8(7)2)10(5-13)6-14/h3,10H,1-2H3. The zero-order valence-electron chi connectivity index (χ0n) is 8.44. The maximum absolute atomic E-state index is 8.86. The highest BCUT2D eigenvalue weighted by molar-refractivity contribution is 5.43. The van der Waals surface area contributed by atoms with Crippen LogP contribution in [0.4, 0.5) is 0 Å². The Balaban J connectivity index is 3.44. The molecule has 1 heterocycles. The van der Waals surface area contributed by atoms with Crippen molar-refractivity contribution in [3.05, 3.63) is 28.6 Å². The molecule has 0 aliphatic heterocycles. The molecule has 0 aromatic carbocycles. The SMILES string of the molecule is Cc1cc(C#N)c(C(C#N)C#N)nc1C. The summed E-state index contributed by atoms with van der Waals surface area (Å²) in [6.45, 7) is 3.62. The van der Waals surface area contributed by atoms with E-state index in [-0.39, 0.29) is 5.69 Å². The van der Waals surface area contributed by atoms with Crippen LogP contribution < -0.4 is 0 Å². The summed E-state index contributed by atoms with van der Waals surface area (Å²) in [6, 6.07) is 7.23. The third kappa shape index (κ3) is 1.93. The van der Waals surface area contributed by atoms with Crippen LogP contribution in [0.3, 0.4) is 0 Å². The van der Waals surface area contributed by atoms with Gasteiger partial charge in [0.05, 0.1) is 23.4 Å². The smallest absolute Gasteiger partial charge is 0.176 e. The molecule has 4 heteroatoms. The summed E-state index contributed by atoms with van der Waals surface area (Å²) in [7, 11) is 0. The van der Waals surface area contributed by atoms with Gasteiger partial charge >= 0.3 is 0 Å². The fourth-order valence-electron chi connectivity index (χ4n) is 1.18. The number of aromatic nitrogens is 1. The average Bonchev–Trinajstić information content (AvgIpc) is 2.24. The van der Waals surface area contributed by atoms with Gasteiger partial charge in [-0.2, -0.15) is 15.8 Å². The first kappa shape index (κ1) is 10.7. The van der Waals surface area contributed by atoms with Crippen molar-refractivity contribution in [1.82, 2.24) is 4.98 Å². The van der Waals surface area contributed by atoms with Crippen LogP contribution in [-0.4, -0.2) is 4.98 Å². The minimum Gasteiger partial charge on any atom is -0.254 e. The molecule has 0 aliphatic rings. The molecule has 0 amide bonds. The van der Waals surface area contributed by atoms with Crippen LogP contribution >= 0.6 is 0 Å². The van der Waals surface area contributed by atoms with Crippen molar-refractivity contribution in [3.8, 4) is 18.2 Å². The van der Waals surface area contributed by atoms with Gasteiger partial charge in [0.1, 0.15) is 6.07 Å². The summed E-state index contributed by atoms with van der Waals surface area (Å²) < 4.78 is 0. The van der Waals surface area contributed by atoms with E-state index in [4.69, 9.17) is 15.8 Å². The molecule has 0 unspecified atom stereocenters. The van der Waals surface area contributed by atoms with Crippen LogP contribution in [0.25, 0.3) is 0 Å². The second-order valence-electron chi connectivity index (χ2n) is 3.13. The molecule has 0 spiro atoms. The maximum atomic E-state index is 8.86. The summed E-state index contributed by atoms with van der Waals surface area (Å²) >= 11 is 0. The Hall–Kier alpha value is -2.38. The predicted molar refractivity (Wildman–Crippen MR) is 52.4 cm³/mol. The highest BCUT2D eigenvalue weighted by Crippen LogP contribution is 2.19. The van der Waals surface area contributed by atoms with Crippen molar-refractivity contribution in [2.45, 2.75) is 19.8 Å². The van der Waals surface area contributed by atoms with Gasteiger partial charge in [-0.1, -0.05) is 0 Å². The van der Waals surface area contributed by atoms with Gasteiger partial charge in [-0.15, -0.1) is 0 Å². The molecule has 4 nitrogen and oxygen atoms in total. The molecule has 15 heavy (non-hydrogen) atoms. The second-order valence-corrected chi connectivity index (χ2v) is 3.13. The first-order valence-corrected chi connectivity index (χ1v) is 4.31. The summed E-state index contributed by atoms with van der Waals surface area (Å²) in [5.41, 5.74) is 2.17. The lowest BCUT2D eigenvalue weighted by Crippen LogP contribution is -2.03. The average molecular weight is 196 g/mol. The lowest BCUT2D eigenvalue weighted by molar-refractivity contribution is 0.967. The normalized spacial score (nSPS) is 9.07. The number of nitriles is 3. The molecule has 1 aromatic rings. The molecule has 1 aromatic heterocycles. The van der Waals surface area contributed by atoms with Gasteiger partial charge in [0.2, 0.25) is 0 Å². The zero-order valence-corrected chi connectivity index (χ0v) is 8.44. The first-order chi connectivity index (χ1) is 7.13. The second kappa shape index (κ2) is 4.22. The van der Waals surface area contributed by atoms with Crippen LogP contribution in [0.2, 0.25) is 0 Å². The van der Waals surface area contributed by atoms with Crippen LogP contribution in [0, 0.1) is 47.8 Å². The Morgan fingerprint density at radius 2 is 1.80 bits per heavy atom. The molecule has 0 radical (unpaired) electrons. The molecule has 0 atom stereocenters. The molecule has 0 saturated carbocycles.